The molecule has 6 nitrogen and oxygen atoms in total. The maximum atomic E-state index is 12.3. The SMILES string of the molecule is COCC(NC(=O)NC1CC2(CCC2)C1)c1cccc(S(C)(=O)=O)c1. The molecule has 1 atom stereocenters. The Morgan fingerprint density at radius 3 is 2.64 bits per heavy atom. The predicted molar refractivity (Wildman–Crippen MR) is 95.1 cm³/mol. The minimum absolute atomic E-state index is 0.231. The van der Waals surface area contributed by atoms with Crippen molar-refractivity contribution < 1.29 is 17.9 Å². The molecule has 0 aromatic heterocycles. The van der Waals surface area contributed by atoms with Crippen molar-refractivity contribution in [1.29, 1.82) is 0 Å². The summed E-state index contributed by atoms with van der Waals surface area (Å²) in [7, 11) is -1.74. The lowest BCUT2D eigenvalue weighted by atomic mass is 9.54. The molecule has 7 heteroatoms. The molecular formula is C18H26N2O4S. The predicted octanol–water partition coefficient (Wildman–Crippen LogP) is 2.41. The van der Waals surface area contributed by atoms with Crippen molar-refractivity contribution in [3.8, 4) is 0 Å². The van der Waals surface area contributed by atoms with Crippen molar-refractivity contribution in [3.63, 3.8) is 0 Å². The first-order valence-electron chi connectivity index (χ1n) is 8.67. The van der Waals surface area contributed by atoms with Gasteiger partial charge in [0.05, 0.1) is 17.5 Å². The lowest BCUT2D eigenvalue weighted by molar-refractivity contribution is 0.00201. The molecule has 0 aliphatic heterocycles. The van der Waals surface area contributed by atoms with Crippen LogP contribution in [-0.4, -0.2) is 40.5 Å². The highest BCUT2D eigenvalue weighted by Crippen LogP contribution is 2.55. The first-order chi connectivity index (χ1) is 11.8. The van der Waals surface area contributed by atoms with Crippen molar-refractivity contribution in [3.05, 3.63) is 29.8 Å². The van der Waals surface area contributed by atoms with Gasteiger partial charge in [-0.3, -0.25) is 0 Å². The number of nitrogens with one attached hydrogen (secondary N) is 2. The van der Waals surface area contributed by atoms with Gasteiger partial charge >= 0.3 is 6.03 Å². The van der Waals surface area contributed by atoms with E-state index in [9.17, 15) is 13.2 Å². The summed E-state index contributed by atoms with van der Waals surface area (Å²) in [5.41, 5.74) is 1.22. The quantitative estimate of drug-likeness (QED) is 0.810. The zero-order chi connectivity index (χ0) is 18.1. The van der Waals surface area contributed by atoms with Crippen LogP contribution >= 0.6 is 0 Å². The van der Waals surface area contributed by atoms with Crippen LogP contribution in [0.5, 0.6) is 0 Å². The van der Waals surface area contributed by atoms with Crippen LogP contribution in [0.2, 0.25) is 0 Å². The molecule has 0 bridgehead atoms. The fourth-order valence-electron chi connectivity index (χ4n) is 3.91. The molecule has 3 rings (SSSR count). The highest BCUT2D eigenvalue weighted by molar-refractivity contribution is 7.90. The van der Waals surface area contributed by atoms with Gasteiger partial charge in [0.1, 0.15) is 0 Å². The second kappa shape index (κ2) is 6.96. The van der Waals surface area contributed by atoms with E-state index < -0.39 is 15.9 Å². The topological polar surface area (TPSA) is 84.5 Å². The van der Waals surface area contributed by atoms with Crippen LogP contribution in [0.15, 0.2) is 29.2 Å². The van der Waals surface area contributed by atoms with Crippen molar-refractivity contribution >= 4 is 15.9 Å². The Balaban J connectivity index is 1.62. The molecule has 2 aliphatic carbocycles. The molecule has 2 saturated carbocycles. The first-order valence-corrected chi connectivity index (χ1v) is 10.6. The number of methoxy groups -OCH3 is 1. The smallest absolute Gasteiger partial charge is 0.315 e. The molecule has 2 aliphatic rings. The Hall–Kier alpha value is -1.60. The van der Waals surface area contributed by atoms with Gasteiger partial charge in [0.25, 0.3) is 0 Å². The van der Waals surface area contributed by atoms with Gasteiger partial charge in [-0.1, -0.05) is 18.6 Å². The summed E-state index contributed by atoms with van der Waals surface area (Å²) < 4.78 is 28.7. The van der Waals surface area contributed by atoms with Gasteiger partial charge in [-0.15, -0.1) is 0 Å². The fraction of sp³-hybridized carbons (Fsp3) is 0.611. The third kappa shape index (κ3) is 4.15. The third-order valence-electron chi connectivity index (χ3n) is 5.44. The summed E-state index contributed by atoms with van der Waals surface area (Å²) in [6.07, 6.45) is 7.20. The van der Waals surface area contributed by atoms with Crippen LogP contribution in [0.3, 0.4) is 0 Å². The number of sulfone groups is 1. The molecule has 2 fully saturated rings. The normalized spacial score (nSPS) is 20.4. The minimum Gasteiger partial charge on any atom is -0.382 e. The minimum atomic E-state index is -3.29. The summed E-state index contributed by atoms with van der Waals surface area (Å²) in [5.74, 6) is 0. The molecule has 0 saturated heterocycles. The molecule has 25 heavy (non-hydrogen) atoms. The second-order valence-electron chi connectivity index (χ2n) is 7.43. The van der Waals surface area contributed by atoms with Crippen LogP contribution < -0.4 is 10.6 Å². The average Bonchev–Trinajstić information content (AvgIpc) is 2.47. The number of carbonyl (C=O) groups excluding carboxylic acids is 1. The Labute approximate surface area is 149 Å². The zero-order valence-corrected chi connectivity index (χ0v) is 15.6. The lowest BCUT2D eigenvalue weighted by Gasteiger charge is -2.54. The highest BCUT2D eigenvalue weighted by Gasteiger charge is 2.48. The molecule has 138 valence electrons. The van der Waals surface area contributed by atoms with Crippen molar-refractivity contribution in [2.75, 3.05) is 20.0 Å². The van der Waals surface area contributed by atoms with Crippen molar-refractivity contribution in [1.82, 2.24) is 10.6 Å². The number of hydrogen-bond donors (Lipinski definition) is 2. The van der Waals surface area contributed by atoms with Crippen LogP contribution in [0, 0.1) is 5.41 Å². The average molecular weight is 366 g/mol. The largest absolute Gasteiger partial charge is 0.382 e. The van der Waals surface area contributed by atoms with Crippen molar-refractivity contribution in [2.45, 2.75) is 49.1 Å². The maximum Gasteiger partial charge on any atom is 0.315 e. The number of benzene rings is 1. The van der Waals surface area contributed by atoms with Crippen LogP contribution in [-0.2, 0) is 14.6 Å². The van der Waals surface area contributed by atoms with Crippen LogP contribution in [0.1, 0.15) is 43.7 Å². The molecule has 1 spiro atoms. The first kappa shape index (κ1) is 18.2. The summed E-state index contributed by atoms with van der Waals surface area (Å²) in [5, 5.41) is 5.92. The number of ether oxygens (including phenoxy) is 1. The molecule has 0 radical (unpaired) electrons. The van der Waals surface area contributed by atoms with E-state index in [-0.39, 0.29) is 23.6 Å². The van der Waals surface area contributed by atoms with E-state index in [1.807, 2.05) is 0 Å². The van der Waals surface area contributed by atoms with E-state index in [1.54, 1.807) is 31.4 Å². The summed E-state index contributed by atoms with van der Waals surface area (Å²) in [6, 6.07) is 6.23. The van der Waals surface area contributed by atoms with Crippen molar-refractivity contribution in [2.24, 2.45) is 5.41 Å². The zero-order valence-electron chi connectivity index (χ0n) is 14.7. The Bertz CT molecular complexity index is 735. The second-order valence-corrected chi connectivity index (χ2v) is 9.44. The van der Waals surface area contributed by atoms with E-state index in [0.29, 0.717) is 11.0 Å². The molecule has 1 aromatic carbocycles. The molecule has 2 N–H and O–H groups in total. The highest BCUT2D eigenvalue weighted by atomic mass is 32.2. The van der Waals surface area contributed by atoms with E-state index >= 15 is 0 Å². The third-order valence-corrected chi connectivity index (χ3v) is 6.55. The number of rotatable bonds is 6. The standard InChI is InChI=1S/C18H26N2O4S/c1-24-12-16(13-5-3-6-15(9-13)25(2,22)23)20-17(21)19-14-10-18(11-14)7-4-8-18/h3,5-6,9,14,16H,4,7-8,10-12H2,1-2H3,(H2,19,20,21). The van der Waals surface area contributed by atoms with E-state index in [1.165, 1.54) is 25.5 Å². The Morgan fingerprint density at radius 1 is 1.36 bits per heavy atom. The van der Waals surface area contributed by atoms with Crippen LogP contribution in [0.25, 0.3) is 0 Å². The van der Waals surface area contributed by atoms with Gasteiger partial charge in [-0.25, -0.2) is 13.2 Å². The molecule has 2 amide bonds. The Morgan fingerprint density at radius 2 is 2.08 bits per heavy atom. The maximum absolute atomic E-state index is 12.3. The molecule has 1 unspecified atom stereocenters. The monoisotopic (exact) mass is 366 g/mol. The van der Waals surface area contributed by atoms with Gasteiger partial charge in [0.2, 0.25) is 0 Å². The van der Waals surface area contributed by atoms with Gasteiger partial charge in [0.15, 0.2) is 9.84 Å². The van der Waals surface area contributed by atoms with E-state index in [4.69, 9.17) is 4.74 Å². The molecular weight excluding hydrogens is 340 g/mol. The van der Waals surface area contributed by atoms with E-state index in [2.05, 4.69) is 10.6 Å². The number of urea groups is 1. The molecule has 0 heterocycles. The van der Waals surface area contributed by atoms with Gasteiger partial charge in [0, 0.05) is 19.4 Å². The number of amides is 2. The van der Waals surface area contributed by atoms with Gasteiger partial charge in [-0.2, -0.15) is 0 Å². The number of carbonyl (C=O) groups is 1. The molecule has 1 aromatic rings. The summed E-state index contributed by atoms with van der Waals surface area (Å²) >= 11 is 0. The lowest BCUT2D eigenvalue weighted by Crippen LogP contribution is -2.55. The number of hydrogen-bond acceptors (Lipinski definition) is 4. The Kier molecular flexibility index (Phi) is 5.06. The van der Waals surface area contributed by atoms with Crippen LogP contribution in [0.4, 0.5) is 4.79 Å². The van der Waals surface area contributed by atoms with E-state index in [0.717, 1.165) is 12.8 Å². The fourth-order valence-corrected chi connectivity index (χ4v) is 4.58. The van der Waals surface area contributed by atoms with Gasteiger partial charge < -0.3 is 15.4 Å². The summed E-state index contributed by atoms with van der Waals surface area (Å²) in [4.78, 5) is 12.5. The van der Waals surface area contributed by atoms with Gasteiger partial charge in [-0.05, 0) is 48.8 Å². The summed E-state index contributed by atoms with van der Waals surface area (Å²) in [6.45, 7) is 0.273.